The van der Waals surface area contributed by atoms with E-state index in [0.717, 1.165) is 67.0 Å². The lowest BCUT2D eigenvalue weighted by atomic mass is 9.80. The van der Waals surface area contributed by atoms with E-state index in [1.54, 1.807) is 0 Å². The summed E-state index contributed by atoms with van der Waals surface area (Å²) in [5.74, 6) is 2.25. The number of benzene rings is 2. The molecule has 0 spiro atoms. The second-order valence-corrected chi connectivity index (χ2v) is 13.8. The van der Waals surface area contributed by atoms with Gasteiger partial charge in [0.1, 0.15) is 6.54 Å². The first-order valence-corrected chi connectivity index (χ1v) is 15.3. The summed E-state index contributed by atoms with van der Waals surface area (Å²) in [6, 6.07) is 15.4. The van der Waals surface area contributed by atoms with Crippen molar-refractivity contribution in [1.82, 2.24) is 4.90 Å². The van der Waals surface area contributed by atoms with E-state index in [2.05, 4.69) is 90.1 Å². The highest BCUT2D eigenvalue weighted by atomic mass is 16.7. The van der Waals surface area contributed by atoms with E-state index in [1.165, 1.54) is 24.0 Å². The van der Waals surface area contributed by atoms with E-state index < -0.39 is 0 Å². The summed E-state index contributed by atoms with van der Waals surface area (Å²) in [5, 5.41) is 0. The van der Waals surface area contributed by atoms with Crippen molar-refractivity contribution in [2.45, 2.75) is 84.7 Å². The fourth-order valence-corrected chi connectivity index (χ4v) is 6.56. The van der Waals surface area contributed by atoms with Crippen molar-refractivity contribution in [1.29, 1.82) is 0 Å². The number of quaternary nitrogens is 1. The lowest BCUT2D eigenvalue weighted by Crippen LogP contribution is -2.44. The van der Waals surface area contributed by atoms with E-state index in [1.807, 2.05) is 11.0 Å². The first-order valence-electron chi connectivity index (χ1n) is 15.3. The van der Waals surface area contributed by atoms with Crippen LogP contribution in [0, 0.1) is 5.41 Å². The SMILES string of the molecule is CCCCN(C(=O)CN1C[C@H](c2ccc3c(c2)OCO3)C[C@@H]1CC(C)(C)CCC)c1cccc(C[N+](C)(C)C)c1. The summed E-state index contributed by atoms with van der Waals surface area (Å²) in [7, 11) is 6.62. The maximum Gasteiger partial charge on any atom is 0.241 e. The molecular formula is C34H52N3O3+. The van der Waals surface area contributed by atoms with Gasteiger partial charge in [-0.25, -0.2) is 0 Å². The summed E-state index contributed by atoms with van der Waals surface area (Å²) < 4.78 is 12.1. The average molecular weight is 551 g/mol. The largest absolute Gasteiger partial charge is 0.454 e. The van der Waals surface area contributed by atoms with Crippen LogP contribution in [-0.4, -0.2) is 68.9 Å². The van der Waals surface area contributed by atoms with Crippen molar-refractivity contribution in [2.75, 3.05) is 52.5 Å². The van der Waals surface area contributed by atoms with E-state index in [0.29, 0.717) is 25.3 Å². The van der Waals surface area contributed by atoms with Gasteiger partial charge in [-0.2, -0.15) is 0 Å². The number of unbranched alkanes of at least 4 members (excludes halogenated alkanes) is 1. The van der Waals surface area contributed by atoms with Gasteiger partial charge in [0, 0.05) is 30.4 Å². The van der Waals surface area contributed by atoms with Gasteiger partial charge in [0.2, 0.25) is 12.7 Å². The Balaban J connectivity index is 1.56. The number of anilines is 1. The second kappa shape index (κ2) is 12.9. The van der Waals surface area contributed by atoms with Gasteiger partial charge >= 0.3 is 0 Å². The Morgan fingerprint density at radius 3 is 2.55 bits per heavy atom. The molecule has 40 heavy (non-hydrogen) atoms. The van der Waals surface area contributed by atoms with Crippen LogP contribution in [0.1, 0.15) is 83.3 Å². The highest BCUT2D eigenvalue weighted by molar-refractivity contribution is 5.95. The standard InChI is InChI=1S/C34H52N3O3/c1-8-10-17-36(29-13-11-12-26(18-29)24-37(5,6)7)33(38)23-35-22-28(19-30(35)21-34(3,4)16-9-2)27-14-15-31-32(20-27)40-25-39-31/h11-15,18,20,28,30H,8-10,16-17,19,21-25H2,1-7H3/q+1/t28-,30-/m1/s1. The van der Waals surface area contributed by atoms with Crippen LogP contribution in [0.5, 0.6) is 11.5 Å². The molecule has 0 saturated carbocycles. The monoisotopic (exact) mass is 550 g/mol. The average Bonchev–Trinajstić information content (AvgIpc) is 3.49. The van der Waals surface area contributed by atoms with Gasteiger partial charge in [0.15, 0.2) is 11.5 Å². The predicted molar refractivity (Wildman–Crippen MR) is 164 cm³/mol. The Labute approximate surface area is 242 Å². The zero-order chi connectivity index (χ0) is 28.9. The van der Waals surface area contributed by atoms with Crippen molar-refractivity contribution in [3.05, 3.63) is 53.6 Å². The van der Waals surface area contributed by atoms with Gasteiger partial charge in [-0.15, -0.1) is 0 Å². The maximum atomic E-state index is 14.1. The molecule has 0 radical (unpaired) electrons. The van der Waals surface area contributed by atoms with E-state index in [4.69, 9.17) is 9.47 Å². The number of hydrogen-bond donors (Lipinski definition) is 0. The molecule has 1 saturated heterocycles. The van der Waals surface area contributed by atoms with Crippen LogP contribution in [-0.2, 0) is 11.3 Å². The number of amides is 1. The van der Waals surface area contributed by atoms with Crippen molar-refractivity contribution >= 4 is 11.6 Å². The van der Waals surface area contributed by atoms with Crippen LogP contribution in [0.25, 0.3) is 0 Å². The molecule has 0 aromatic heterocycles. The number of carbonyl (C=O) groups excluding carboxylic acids is 1. The Kier molecular flexibility index (Phi) is 9.84. The first-order chi connectivity index (χ1) is 19.0. The van der Waals surface area contributed by atoms with E-state index >= 15 is 0 Å². The zero-order valence-corrected chi connectivity index (χ0v) is 26.0. The third-order valence-electron chi connectivity index (χ3n) is 8.36. The third kappa shape index (κ3) is 8.01. The highest BCUT2D eigenvalue weighted by Crippen LogP contribution is 2.42. The number of carbonyl (C=O) groups is 1. The fourth-order valence-electron chi connectivity index (χ4n) is 6.56. The molecule has 2 aliphatic rings. The Hall–Kier alpha value is -2.57. The molecule has 2 atom stereocenters. The topological polar surface area (TPSA) is 42.0 Å². The Morgan fingerprint density at radius 1 is 1.05 bits per heavy atom. The summed E-state index contributed by atoms with van der Waals surface area (Å²) in [5.41, 5.74) is 3.82. The van der Waals surface area contributed by atoms with Gasteiger partial charge in [-0.1, -0.05) is 58.7 Å². The van der Waals surface area contributed by atoms with Gasteiger partial charge in [0.05, 0.1) is 27.7 Å². The molecule has 6 nitrogen and oxygen atoms in total. The fraction of sp³-hybridized carbons (Fsp3) is 0.618. The Morgan fingerprint density at radius 2 is 1.82 bits per heavy atom. The molecule has 2 aromatic carbocycles. The number of fused-ring (bicyclic) bond motifs is 1. The molecule has 2 aliphatic heterocycles. The molecule has 0 N–H and O–H groups in total. The summed E-state index contributed by atoms with van der Waals surface area (Å²) in [6.07, 6.45) is 6.60. The molecular weight excluding hydrogens is 498 g/mol. The van der Waals surface area contributed by atoms with Crippen LogP contribution < -0.4 is 14.4 Å². The third-order valence-corrected chi connectivity index (χ3v) is 8.36. The van der Waals surface area contributed by atoms with Crippen molar-refractivity contribution in [2.24, 2.45) is 5.41 Å². The summed E-state index contributed by atoms with van der Waals surface area (Å²) >= 11 is 0. The number of ether oxygens (including phenoxy) is 2. The number of nitrogens with zero attached hydrogens (tertiary/aromatic N) is 3. The molecule has 0 aliphatic carbocycles. The van der Waals surface area contributed by atoms with E-state index in [9.17, 15) is 4.79 Å². The normalized spacial score (nSPS) is 19.3. The molecule has 0 bridgehead atoms. The maximum absolute atomic E-state index is 14.1. The lowest BCUT2D eigenvalue weighted by molar-refractivity contribution is -0.884. The van der Waals surface area contributed by atoms with Gasteiger partial charge in [0.25, 0.3) is 0 Å². The molecule has 4 rings (SSSR count). The minimum absolute atomic E-state index is 0.209. The van der Waals surface area contributed by atoms with Crippen molar-refractivity contribution in [3.63, 3.8) is 0 Å². The second-order valence-electron chi connectivity index (χ2n) is 13.8. The van der Waals surface area contributed by atoms with Crippen molar-refractivity contribution < 1.29 is 18.8 Å². The summed E-state index contributed by atoms with van der Waals surface area (Å²) in [6.45, 7) is 12.6. The quantitative estimate of drug-likeness (QED) is 0.256. The van der Waals surface area contributed by atoms with Crippen LogP contribution in [0.15, 0.2) is 42.5 Å². The van der Waals surface area contributed by atoms with Gasteiger partial charge in [-0.05, 0) is 66.8 Å². The molecule has 6 heteroatoms. The Bertz CT molecular complexity index is 1140. The molecule has 1 amide bonds. The number of likely N-dealkylation sites (tertiary alicyclic amines) is 1. The number of hydrogen-bond acceptors (Lipinski definition) is 4. The predicted octanol–water partition coefficient (Wildman–Crippen LogP) is 6.83. The van der Waals surface area contributed by atoms with Gasteiger partial charge < -0.3 is 18.9 Å². The minimum Gasteiger partial charge on any atom is -0.454 e. The van der Waals surface area contributed by atoms with Crippen LogP contribution in [0.2, 0.25) is 0 Å². The molecule has 2 heterocycles. The molecule has 1 fully saturated rings. The van der Waals surface area contributed by atoms with Crippen LogP contribution >= 0.6 is 0 Å². The minimum atomic E-state index is 0.209. The van der Waals surface area contributed by atoms with Gasteiger partial charge in [-0.3, -0.25) is 9.69 Å². The lowest BCUT2D eigenvalue weighted by Gasteiger charge is -2.34. The smallest absolute Gasteiger partial charge is 0.241 e. The highest BCUT2D eigenvalue weighted by Gasteiger charge is 2.38. The summed E-state index contributed by atoms with van der Waals surface area (Å²) in [4.78, 5) is 18.6. The van der Waals surface area contributed by atoms with Crippen LogP contribution in [0.3, 0.4) is 0 Å². The zero-order valence-electron chi connectivity index (χ0n) is 26.0. The first kappa shape index (κ1) is 30.4. The van der Waals surface area contributed by atoms with Crippen molar-refractivity contribution in [3.8, 4) is 11.5 Å². The van der Waals surface area contributed by atoms with Crippen LogP contribution in [0.4, 0.5) is 5.69 Å². The molecule has 2 aromatic rings. The van der Waals surface area contributed by atoms with E-state index in [-0.39, 0.29) is 11.3 Å². The molecule has 0 unspecified atom stereocenters. The molecule has 220 valence electrons. The number of rotatable bonds is 13.